The van der Waals surface area contributed by atoms with Crippen molar-refractivity contribution < 1.29 is 9.90 Å². The Balaban J connectivity index is 1.93. The first-order chi connectivity index (χ1) is 8.18. The molecule has 0 spiro atoms. The van der Waals surface area contributed by atoms with Crippen molar-refractivity contribution in [2.24, 2.45) is 0 Å². The summed E-state index contributed by atoms with van der Waals surface area (Å²) < 4.78 is 0. The summed E-state index contributed by atoms with van der Waals surface area (Å²) in [7, 11) is 0. The Bertz CT molecular complexity index is 372. The standard InChI is InChI=1S/C13H18N2O2/c1-11(13(16)17)14-7-9-15(10-8-14)12-5-3-2-4-6-12/h2-6,11H,7-10H2,1H3,(H,16,17)/t11-/m1/s1. The van der Waals surface area contributed by atoms with Crippen LogP contribution in [0.3, 0.4) is 0 Å². The topological polar surface area (TPSA) is 43.8 Å². The number of piperazine rings is 1. The second kappa shape index (κ2) is 5.19. The highest BCUT2D eigenvalue weighted by Gasteiger charge is 2.24. The quantitative estimate of drug-likeness (QED) is 0.855. The summed E-state index contributed by atoms with van der Waals surface area (Å²) in [6.45, 7) is 5.15. The summed E-state index contributed by atoms with van der Waals surface area (Å²) in [6.07, 6.45) is 0. The van der Waals surface area contributed by atoms with Crippen LogP contribution < -0.4 is 4.90 Å². The van der Waals surface area contributed by atoms with Crippen LogP contribution in [0.15, 0.2) is 30.3 Å². The van der Waals surface area contributed by atoms with Crippen LogP contribution in [0.1, 0.15) is 6.92 Å². The number of hydrogen-bond donors (Lipinski definition) is 1. The number of carbonyl (C=O) groups is 1. The van der Waals surface area contributed by atoms with Crippen LogP contribution in [0, 0.1) is 0 Å². The molecule has 0 aliphatic carbocycles. The number of carboxylic acids is 1. The average molecular weight is 234 g/mol. The average Bonchev–Trinajstić information content (AvgIpc) is 2.39. The first kappa shape index (κ1) is 11.9. The summed E-state index contributed by atoms with van der Waals surface area (Å²) in [4.78, 5) is 15.2. The molecular weight excluding hydrogens is 216 g/mol. The first-order valence-corrected chi connectivity index (χ1v) is 5.95. The molecule has 1 aromatic carbocycles. The van der Waals surface area contributed by atoms with E-state index in [1.165, 1.54) is 5.69 Å². The normalized spacial score (nSPS) is 19.0. The third kappa shape index (κ3) is 2.77. The molecule has 1 aliphatic rings. The van der Waals surface area contributed by atoms with Crippen molar-refractivity contribution in [3.8, 4) is 0 Å². The summed E-state index contributed by atoms with van der Waals surface area (Å²) in [5.74, 6) is -0.738. The number of rotatable bonds is 3. The Hall–Kier alpha value is -1.55. The lowest BCUT2D eigenvalue weighted by Gasteiger charge is -2.37. The first-order valence-electron chi connectivity index (χ1n) is 5.95. The largest absolute Gasteiger partial charge is 0.480 e. The van der Waals surface area contributed by atoms with Crippen molar-refractivity contribution in [3.05, 3.63) is 30.3 Å². The lowest BCUT2D eigenvalue weighted by atomic mass is 10.2. The SMILES string of the molecule is C[C@H](C(=O)O)N1CCN(c2ccccc2)CC1. The van der Waals surface area contributed by atoms with Gasteiger partial charge in [-0.2, -0.15) is 0 Å². The molecule has 1 atom stereocenters. The molecule has 0 bridgehead atoms. The van der Waals surface area contributed by atoms with Gasteiger partial charge < -0.3 is 10.0 Å². The number of hydrogen-bond acceptors (Lipinski definition) is 3. The molecule has 17 heavy (non-hydrogen) atoms. The van der Waals surface area contributed by atoms with Crippen LogP contribution in [-0.2, 0) is 4.79 Å². The monoisotopic (exact) mass is 234 g/mol. The maximum Gasteiger partial charge on any atom is 0.320 e. The molecule has 0 radical (unpaired) electrons. The summed E-state index contributed by atoms with van der Waals surface area (Å²) >= 11 is 0. The van der Waals surface area contributed by atoms with Crippen molar-refractivity contribution in [1.82, 2.24) is 4.90 Å². The molecule has 0 aromatic heterocycles. The van der Waals surface area contributed by atoms with Crippen LogP contribution >= 0.6 is 0 Å². The second-order valence-corrected chi connectivity index (χ2v) is 4.37. The molecule has 1 N–H and O–H groups in total. The minimum absolute atomic E-state index is 0.382. The lowest BCUT2D eigenvalue weighted by Crippen LogP contribution is -2.51. The molecule has 1 heterocycles. The number of aliphatic carboxylic acids is 1. The van der Waals surface area contributed by atoms with Crippen molar-refractivity contribution in [1.29, 1.82) is 0 Å². The molecule has 1 aliphatic heterocycles. The number of anilines is 1. The third-order valence-electron chi connectivity index (χ3n) is 3.34. The Labute approximate surface area is 101 Å². The van der Waals surface area contributed by atoms with E-state index >= 15 is 0 Å². The van der Waals surface area contributed by atoms with Crippen molar-refractivity contribution in [2.75, 3.05) is 31.1 Å². The van der Waals surface area contributed by atoms with Gasteiger partial charge in [0.2, 0.25) is 0 Å². The van der Waals surface area contributed by atoms with Gasteiger partial charge in [-0.05, 0) is 19.1 Å². The van der Waals surface area contributed by atoms with Gasteiger partial charge in [0.1, 0.15) is 6.04 Å². The molecule has 4 nitrogen and oxygen atoms in total. The fraction of sp³-hybridized carbons (Fsp3) is 0.462. The lowest BCUT2D eigenvalue weighted by molar-refractivity contribution is -0.142. The van der Waals surface area contributed by atoms with Crippen molar-refractivity contribution in [3.63, 3.8) is 0 Å². The smallest absolute Gasteiger partial charge is 0.320 e. The Morgan fingerprint density at radius 2 is 1.76 bits per heavy atom. The van der Waals surface area contributed by atoms with Gasteiger partial charge in [0.25, 0.3) is 0 Å². The molecule has 1 saturated heterocycles. The van der Waals surface area contributed by atoms with E-state index in [4.69, 9.17) is 5.11 Å². The second-order valence-electron chi connectivity index (χ2n) is 4.37. The minimum atomic E-state index is -0.738. The van der Waals surface area contributed by atoms with E-state index in [-0.39, 0.29) is 6.04 Å². The van der Waals surface area contributed by atoms with Crippen molar-refractivity contribution >= 4 is 11.7 Å². The predicted octanol–water partition coefficient (Wildman–Crippen LogP) is 1.28. The van der Waals surface area contributed by atoms with Gasteiger partial charge in [-0.3, -0.25) is 9.69 Å². The maximum atomic E-state index is 10.9. The number of benzene rings is 1. The number of nitrogens with zero attached hydrogens (tertiary/aromatic N) is 2. The van der Waals surface area contributed by atoms with Crippen LogP contribution in [0.25, 0.3) is 0 Å². The molecule has 1 fully saturated rings. The van der Waals surface area contributed by atoms with Gasteiger partial charge in [-0.25, -0.2) is 0 Å². The van der Waals surface area contributed by atoms with E-state index in [1.54, 1.807) is 6.92 Å². The molecular formula is C13H18N2O2. The molecule has 0 amide bonds. The van der Waals surface area contributed by atoms with Gasteiger partial charge in [-0.1, -0.05) is 18.2 Å². The molecule has 0 unspecified atom stereocenters. The van der Waals surface area contributed by atoms with E-state index in [0.29, 0.717) is 0 Å². The summed E-state index contributed by atoms with van der Waals surface area (Å²) in [6, 6.07) is 9.87. The Morgan fingerprint density at radius 3 is 2.29 bits per heavy atom. The van der Waals surface area contributed by atoms with Crippen molar-refractivity contribution in [2.45, 2.75) is 13.0 Å². The summed E-state index contributed by atoms with van der Waals surface area (Å²) in [5, 5.41) is 8.96. The Kier molecular flexibility index (Phi) is 3.64. The zero-order chi connectivity index (χ0) is 12.3. The summed E-state index contributed by atoms with van der Waals surface area (Å²) in [5.41, 5.74) is 1.22. The molecule has 2 rings (SSSR count). The van der Waals surface area contributed by atoms with E-state index in [1.807, 2.05) is 23.1 Å². The third-order valence-corrected chi connectivity index (χ3v) is 3.34. The highest BCUT2D eigenvalue weighted by molar-refractivity contribution is 5.72. The molecule has 1 aromatic rings. The van der Waals surface area contributed by atoms with E-state index in [0.717, 1.165) is 26.2 Å². The highest BCUT2D eigenvalue weighted by Crippen LogP contribution is 2.16. The van der Waals surface area contributed by atoms with Crippen LogP contribution in [0.4, 0.5) is 5.69 Å². The van der Waals surface area contributed by atoms with Crippen LogP contribution in [0.5, 0.6) is 0 Å². The minimum Gasteiger partial charge on any atom is -0.480 e. The van der Waals surface area contributed by atoms with E-state index in [9.17, 15) is 4.79 Å². The number of carboxylic acid groups (broad SMARTS) is 1. The molecule has 4 heteroatoms. The fourth-order valence-corrected chi connectivity index (χ4v) is 2.16. The predicted molar refractivity (Wildman–Crippen MR) is 67.3 cm³/mol. The van der Waals surface area contributed by atoms with Gasteiger partial charge in [0.05, 0.1) is 0 Å². The van der Waals surface area contributed by atoms with E-state index < -0.39 is 5.97 Å². The Morgan fingerprint density at radius 1 is 1.18 bits per heavy atom. The van der Waals surface area contributed by atoms with Gasteiger partial charge >= 0.3 is 5.97 Å². The van der Waals surface area contributed by atoms with Gasteiger partial charge in [0, 0.05) is 31.9 Å². The highest BCUT2D eigenvalue weighted by atomic mass is 16.4. The van der Waals surface area contributed by atoms with Crippen LogP contribution in [0.2, 0.25) is 0 Å². The van der Waals surface area contributed by atoms with Crippen LogP contribution in [-0.4, -0.2) is 48.2 Å². The fourth-order valence-electron chi connectivity index (χ4n) is 2.16. The molecule has 92 valence electrons. The molecule has 0 saturated carbocycles. The van der Waals surface area contributed by atoms with Gasteiger partial charge in [0.15, 0.2) is 0 Å². The zero-order valence-corrected chi connectivity index (χ0v) is 10.0. The maximum absolute atomic E-state index is 10.9. The van der Waals surface area contributed by atoms with Gasteiger partial charge in [-0.15, -0.1) is 0 Å². The van der Waals surface area contributed by atoms with E-state index in [2.05, 4.69) is 17.0 Å². The zero-order valence-electron chi connectivity index (χ0n) is 10.0. The number of para-hydroxylation sites is 1.